The molecule has 4 nitrogen and oxygen atoms in total. The molecule has 1 aliphatic rings. The minimum absolute atomic E-state index is 0.173. The van der Waals surface area contributed by atoms with Gasteiger partial charge in [0.2, 0.25) is 5.95 Å². The van der Waals surface area contributed by atoms with E-state index in [9.17, 15) is 0 Å². The fourth-order valence-electron chi connectivity index (χ4n) is 9.59. The second kappa shape index (κ2) is 12.3. The number of hydrogen-bond donors (Lipinski definition) is 0. The van der Waals surface area contributed by atoms with Crippen LogP contribution in [0.2, 0.25) is 0 Å². The molecule has 11 aromatic rings. The number of benzene rings is 9. The highest BCUT2D eigenvalue weighted by Gasteiger charge is 2.36. The van der Waals surface area contributed by atoms with Gasteiger partial charge in [-0.3, -0.25) is 4.57 Å². The van der Waals surface area contributed by atoms with Crippen molar-refractivity contribution in [1.29, 1.82) is 0 Å². The van der Waals surface area contributed by atoms with Gasteiger partial charge in [0.05, 0.1) is 11.0 Å². The van der Waals surface area contributed by atoms with Gasteiger partial charge in [0.15, 0.2) is 11.6 Å². The van der Waals surface area contributed by atoms with E-state index in [1.165, 1.54) is 65.5 Å². The summed E-state index contributed by atoms with van der Waals surface area (Å²) in [4.78, 5) is 15.5. The van der Waals surface area contributed by atoms with Crippen LogP contribution in [0.3, 0.4) is 0 Å². The van der Waals surface area contributed by atoms with E-state index >= 15 is 0 Å². The van der Waals surface area contributed by atoms with E-state index in [1.54, 1.807) is 0 Å². The second-order valence-electron chi connectivity index (χ2n) is 16.0. The monoisotopic (exact) mass is 740 g/mol. The number of fused-ring (bicyclic) bond motifs is 12. The Morgan fingerprint density at radius 2 is 0.845 bits per heavy atom. The molecular weight excluding hydrogens is 705 g/mol. The van der Waals surface area contributed by atoms with Crippen molar-refractivity contribution < 1.29 is 0 Å². The van der Waals surface area contributed by atoms with E-state index in [1.807, 2.05) is 36.4 Å². The SMILES string of the molecule is CC1(C)c2ccccc2-c2cc3c4cc(-c5ccc6c7ccccc7c7ccccc7c6c5)ccc4n(-c4nc(-c5ccccc5)nc(-c5ccccc5)n4)c3cc21. The first kappa shape index (κ1) is 32.8. The van der Waals surface area contributed by atoms with Crippen LogP contribution in [0.4, 0.5) is 0 Å². The first-order valence-electron chi connectivity index (χ1n) is 19.9. The fourth-order valence-corrected chi connectivity index (χ4v) is 9.59. The molecule has 0 atom stereocenters. The molecule has 272 valence electrons. The molecule has 0 radical (unpaired) electrons. The third kappa shape index (κ3) is 4.78. The Labute approximate surface area is 335 Å². The number of hydrogen-bond acceptors (Lipinski definition) is 3. The maximum Gasteiger partial charge on any atom is 0.238 e. The standard InChI is InChI=1S/C54H36N4/c1-54(2)47-24-14-13-23-42(47)44-31-46-45-30-36(35-25-27-41-39-21-10-9-19-37(39)38-20-11-12-22-40(38)43(41)29-35)26-28-49(45)58(50(46)32-48(44)54)53-56-51(33-15-5-3-6-16-33)55-52(57-53)34-17-7-4-8-18-34/h3-32H,1-2H3. The molecule has 0 saturated carbocycles. The van der Waals surface area contributed by atoms with E-state index in [4.69, 9.17) is 15.0 Å². The number of nitrogens with zero attached hydrogens (tertiary/aromatic N) is 4. The quantitative estimate of drug-likeness (QED) is 0.169. The summed E-state index contributed by atoms with van der Waals surface area (Å²) in [7, 11) is 0. The molecule has 0 amide bonds. The lowest BCUT2D eigenvalue weighted by molar-refractivity contribution is 0.661. The lowest BCUT2D eigenvalue weighted by Gasteiger charge is -2.21. The van der Waals surface area contributed by atoms with Crippen molar-refractivity contribution in [2.24, 2.45) is 0 Å². The molecule has 2 aromatic heterocycles. The van der Waals surface area contributed by atoms with Gasteiger partial charge in [0.1, 0.15) is 0 Å². The Bertz CT molecular complexity index is 3380. The third-order valence-electron chi connectivity index (χ3n) is 12.4. The number of aromatic nitrogens is 4. The minimum Gasteiger partial charge on any atom is -0.278 e. The molecule has 58 heavy (non-hydrogen) atoms. The molecule has 2 heterocycles. The summed E-state index contributed by atoms with van der Waals surface area (Å²) in [5.74, 6) is 1.87. The summed E-state index contributed by atoms with van der Waals surface area (Å²) in [6, 6.07) is 65.5. The maximum atomic E-state index is 5.25. The smallest absolute Gasteiger partial charge is 0.238 e. The highest BCUT2D eigenvalue weighted by molar-refractivity contribution is 6.26. The maximum absolute atomic E-state index is 5.25. The van der Waals surface area contributed by atoms with Crippen LogP contribution in [0.5, 0.6) is 0 Å². The zero-order valence-corrected chi connectivity index (χ0v) is 32.1. The zero-order valence-electron chi connectivity index (χ0n) is 32.1. The Morgan fingerprint density at radius 1 is 0.345 bits per heavy atom. The van der Waals surface area contributed by atoms with Gasteiger partial charge >= 0.3 is 0 Å². The van der Waals surface area contributed by atoms with Gasteiger partial charge in [-0.2, -0.15) is 9.97 Å². The van der Waals surface area contributed by atoms with Crippen molar-refractivity contribution in [1.82, 2.24) is 19.5 Å². The van der Waals surface area contributed by atoms with Gasteiger partial charge in [-0.15, -0.1) is 0 Å². The van der Waals surface area contributed by atoms with Gasteiger partial charge in [0, 0.05) is 27.3 Å². The van der Waals surface area contributed by atoms with E-state index in [0.29, 0.717) is 17.6 Å². The molecule has 4 heteroatoms. The van der Waals surface area contributed by atoms with Crippen LogP contribution in [0.15, 0.2) is 182 Å². The second-order valence-corrected chi connectivity index (χ2v) is 16.0. The Balaban J connectivity index is 1.14. The predicted octanol–water partition coefficient (Wildman–Crippen LogP) is 13.7. The van der Waals surface area contributed by atoms with E-state index in [2.05, 4.69) is 164 Å². The average molecular weight is 741 g/mol. The molecule has 0 unspecified atom stereocenters. The molecule has 0 bridgehead atoms. The summed E-state index contributed by atoms with van der Waals surface area (Å²) in [5, 5.41) is 9.97. The van der Waals surface area contributed by atoms with Crippen LogP contribution in [-0.2, 0) is 5.41 Å². The summed E-state index contributed by atoms with van der Waals surface area (Å²) < 4.78 is 2.26. The molecule has 0 spiro atoms. The van der Waals surface area contributed by atoms with Crippen LogP contribution < -0.4 is 0 Å². The van der Waals surface area contributed by atoms with Crippen molar-refractivity contribution in [3.8, 4) is 51.0 Å². The zero-order chi connectivity index (χ0) is 38.5. The van der Waals surface area contributed by atoms with E-state index in [0.717, 1.165) is 33.1 Å². The molecule has 9 aromatic carbocycles. The van der Waals surface area contributed by atoms with Crippen LogP contribution in [0.25, 0.3) is 105 Å². The normalized spacial score (nSPS) is 13.1. The Hall–Kier alpha value is -7.43. The van der Waals surface area contributed by atoms with Crippen LogP contribution in [0, 0.1) is 0 Å². The van der Waals surface area contributed by atoms with Crippen LogP contribution in [-0.4, -0.2) is 19.5 Å². The number of rotatable bonds is 4. The van der Waals surface area contributed by atoms with Crippen LogP contribution >= 0.6 is 0 Å². The van der Waals surface area contributed by atoms with Gasteiger partial charge in [-0.1, -0.05) is 166 Å². The van der Waals surface area contributed by atoms with Gasteiger partial charge < -0.3 is 0 Å². The van der Waals surface area contributed by atoms with Crippen molar-refractivity contribution in [3.05, 3.63) is 193 Å². The fraction of sp³-hybridized carbons (Fsp3) is 0.0556. The van der Waals surface area contributed by atoms with Gasteiger partial charge in [-0.25, -0.2) is 4.98 Å². The third-order valence-corrected chi connectivity index (χ3v) is 12.4. The van der Waals surface area contributed by atoms with Crippen molar-refractivity contribution >= 4 is 54.1 Å². The molecule has 12 rings (SSSR count). The largest absolute Gasteiger partial charge is 0.278 e. The minimum atomic E-state index is -0.173. The average Bonchev–Trinajstić information content (AvgIpc) is 3.73. The first-order valence-corrected chi connectivity index (χ1v) is 19.9. The molecule has 0 saturated heterocycles. The molecule has 0 N–H and O–H groups in total. The highest BCUT2D eigenvalue weighted by Crippen LogP contribution is 2.51. The summed E-state index contributed by atoms with van der Waals surface area (Å²) in [5.41, 5.74) is 11.4. The summed E-state index contributed by atoms with van der Waals surface area (Å²) in [6.45, 7) is 4.68. The molecular formula is C54H36N4. The topological polar surface area (TPSA) is 43.6 Å². The Morgan fingerprint density at radius 3 is 1.48 bits per heavy atom. The van der Waals surface area contributed by atoms with Crippen LogP contribution in [0.1, 0.15) is 25.0 Å². The lowest BCUT2D eigenvalue weighted by atomic mass is 9.82. The molecule has 0 fully saturated rings. The van der Waals surface area contributed by atoms with Gasteiger partial charge in [0.25, 0.3) is 0 Å². The van der Waals surface area contributed by atoms with Crippen molar-refractivity contribution in [3.63, 3.8) is 0 Å². The predicted molar refractivity (Wildman–Crippen MR) is 241 cm³/mol. The molecule has 0 aliphatic heterocycles. The van der Waals surface area contributed by atoms with Gasteiger partial charge in [-0.05, 0) is 96.0 Å². The molecule has 1 aliphatic carbocycles. The summed E-state index contributed by atoms with van der Waals surface area (Å²) in [6.07, 6.45) is 0. The lowest BCUT2D eigenvalue weighted by Crippen LogP contribution is -2.15. The highest BCUT2D eigenvalue weighted by atomic mass is 15.2. The Kier molecular flexibility index (Phi) is 6.94. The van der Waals surface area contributed by atoms with E-state index < -0.39 is 0 Å². The first-order chi connectivity index (χ1) is 28.5. The van der Waals surface area contributed by atoms with E-state index in [-0.39, 0.29) is 5.41 Å². The summed E-state index contributed by atoms with van der Waals surface area (Å²) >= 11 is 0. The van der Waals surface area contributed by atoms with Crippen molar-refractivity contribution in [2.75, 3.05) is 0 Å². The van der Waals surface area contributed by atoms with Crippen molar-refractivity contribution in [2.45, 2.75) is 19.3 Å².